The fourth-order valence-corrected chi connectivity index (χ4v) is 6.94. The first-order valence-corrected chi connectivity index (χ1v) is 13.3. The van der Waals surface area contributed by atoms with E-state index >= 15 is 4.39 Å². The topological polar surface area (TPSA) is 65.5 Å². The van der Waals surface area contributed by atoms with Gasteiger partial charge in [0.2, 0.25) is 5.95 Å². The predicted molar refractivity (Wildman–Crippen MR) is 124 cm³/mol. The van der Waals surface area contributed by atoms with E-state index in [1.165, 1.54) is 44.7 Å². The zero-order valence-electron chi connectivity index (χ0n) is 19.2. The molecule has 34 heavy (non-hydrogen) atoms. The van der Waals surface area contributed by atoms with Gasteiger partial charge in [-0.25, -0.2) is 22.2 Å². The summed E-state index contributed by atoms with van der Waals surface area (Å²) in [4.78, 5) is 6.79. The second kappa shape index (κ2) is 8.71. The molecule has 0 bridgehead atoms. The van der Waals surface area contributed by atoms with Crippen LogP contribution >= 0.6 is 0 Å². The van der Waals surface area contributed by atoms with Crippen LogP contribution in [0, 0.1) is 35.8 Å². The molecule has 2 aromatic rings. The first-order valence-electron chi connectivity index (χ1n) is 11.8. The van der Waals surface area contributed by atoms with Crippen LogP contribution in [-0.2, 0) is 10.0 Å². The van der Waals surface area contributed by atoms with Gasteiger partial charge in [0.25, 0.3) is 10.0 Å². The highest BCUT2D eigenvalue weighted by molar-refractivity contribution is 7.92. The van der Waals surface area contributed by atoms with Crippen molar-refractivity contribution in [3.63, 3.8) is 0 Å². The molecule has 1 aromatic heterocycles. The summed E-state index contributed by atoms with van der Waals surface area (Å²) in [6.07, 6.45) is 6.20. The number of likely N-dealkylation sites (tertiary alicyclic amines) is 1. The molecular formula is C24H29F3N4O2S. The van der Waals surface area contributed by atoms with Gasteiger partial charge in [0.05, 0.1) is 0 Å². The van der Waals surface area contributed by atoms with E-state index in [0.717, 1.165) is 38.2 Å². The monoisotopic (exact) mass is 494 g/mol. The van der Waals surface area contributed by atoms with Crippen LogP contribution in [0.1, 0.15) is 37.7 Å². The molecule has 10 heteroatoms. The SMILES string of the molecule is Cc1c(N2CCC(CN3CCC4(CCC4)C3)C2)cc(F)c(S(=O)(=O)Nc2cccc(F)n2)c1F. The van der Waals surface area contributed by atoms with Gasteiger partial charge >= 0.3 is 0 Å². The first kappa shape index (κ1) is 23.4. The maximum Gasteiger partial charge on any atom is 0.268 e. The number of halogens is 3. The summed E-state index contributed by atoms with van der Waals surface area (Å²) in [5.74, 6) is -3.18. The third-order valence-electron chi connectivity index (χ3n) is 7.69. The first-order chi connectivity index (χ1) is 16.2. The van der Waals surface area contributed by atoms with E-state index in [4.69, 9.17) is 0 Å². The summed E-state index contributed by atoms with van der Waals surface area (Å²) in [7, 11) is -4.64. The summed E-state index contributed by atoms with van der Waals surface area (Å²) in [6.45, 7) is 6.07. The highest BCUT2D eigenvalue weighted by Gasteiger charge is 2.43. The van der Waals surface area contributed by atoms with Crippen molar-refractivity contribution in [3.05, 3.63) is 47.4 Å². The maximum absolute atomic E-state index is 15.2. The van der Waals surface area contributed by atoms with Crippen molar-refractivity contribution in [3.8, 4) is 0 Å². The molecule has 2 saturated heterocycles. The largest absolute Gasteiger partial charge is 0.371 e. The van der Waals surface area contributed by atoms with Crippen molar-refractivity contribution >= 4 is 21.5 Å². The molecule has 3 fully saturated rings. The normalized spacial score (nSPS) is 22.4. The van der Waals surface area contributed by atoms with Gasteiger partial charge in [-0.15, -0.1) is 0 Å². The van der Waals surface area contributed by atoms with E-state index in [1.807, 2.05) is 9.62 Å². The summed E-state index contributed by atoms with van der Waals surface area (Å²) in [5, 5.41) is 0. The zero-order chi connectivity index (χ0) is 24.1. The minimum absolute atomic E-state index is 0.0734. The van der Waals surface area contributed by atoms with E-state index in [2.05, 4.69) is 9.88 Å². The van der Waals surface area contributed by atoms with Gasteiger partial charge < -0.3 is 9.80 Å². The number of hydrogen-bond acceptors (Lipinski definition) is 5. The van der Waals surface area contributed by atoms with Crippen LogP contribution in [0.2, 0.25) is 0 Å². The van der Waals surface area contributed by atoms with Crippen LogP contribution in [-0.4, -0.2) is 51.0 Å². The zero-order valence-corrected chi connectivity index (χ0v) is 20.0. The lowest BCUT2D eigenvalue weighted by molar-refractivity contribution is 0.134. The van der Waals surface area contributed by atoms with Crippen LogP contribution in [0.3, 0.4) is 0 Å². The number of rotatable bonds is 6. The van der Waals surface area contributed by atoms with E-state index < -0.39 is 32.5 Å². The molecular weight excluding hydrogens is 465 g/mol. The van der Waals surface area contributed by atoms with Crippen molar-refractivity contribution in [1.29, 1.82) is 0 Å². The van der Waals surface area contributed by atoms with E-state index in [0.29, 0.717) is 30.1 Å². The van der Waals surface area contributed by atoms with Crippen molar-refractivity contribution < 1.29 is 21.6 Å². The summed E-state index contributed by atoms with van der Waals surface area (Å²) < 4.78 is 70.9. The van der Waals surface area contributed by atoms with Gasteiger partial charge in [-0.2, -0.15) is 4.39 Å². The Balaban J connectivity index is 1.31. The Morgan fingerprint density at radius 2 is 1.97 bits per heavy atom. The lowest BCUT2D eigenvalue weighted by atomic mass is 9.68. The van der Waals surface area contributed by atoms with Gasteiger partial charge in [-0.05, 0) is 68.7 Å². The number of hydrogen-bond donors (Lipinski definition) is 1. The van der Waals surface area contributed by atoms with E-state index in [-0.39, 0.29) is 11.4 Å². The minimum Gasteiger partial charge on any atom is -0.371 e. The highest BCUT2D eigenvalue weighted by atomic mass is 32.2. The molecule has 2 aliphatic heterocycles. The second-order valence-corrected chi connectivity index (χ2v) is 11.7. The number of pyridine rings is 1. The number of nitrogens with one attached hydrogen (secondary N) is 1. The molecule has 1 aromatic carbocycles. The minimum atomic E-state index is -4.64. The number of anilines is 2. The maximum atomic E-state index is 15.2. The van der Waals surface area contributed by atoms with Crippen molar-refractivity contribution in [2.24, 2.45) is 11.3 Å². The predicted octanol–water partition coefficient (Wildman–Crippen LogP) is 4.31. The fourth-order valence-electron chi connectivity index (χ4n) is 5.74. The van der Waals surface area contributed by atoms with Crippen molar-refractivity contribution in [1.82, 2.24) is 9.88 Å². The lowest BCUT2D eigenvalue weighted by Gasteiger charge is -2.38. The molecule has 3 aliphatic rings. The molecule has 1 unspecified atom stereocenters. The average molecular weight is 495 g/mol. The Bertz CT molecular complexity index is 1200. The highest BCUT2D eigenvalue weighted by Crippen LogP contribution is 2.48. The Hall–Kier alpha value is -2.33. The Morgan fingerprint density at radius 3 is 2.65 bits per heavy atom. The van der Waals surface area contributed by atoms with E-state index in [1.54, 1.807) is 0 Å². The Kier molecular flexibility index (Phi) is 6.00. The van der Waals surface area contributed by atoms with Crippen LogP contribution in [0.5, 0.6) is 0 Å². The quantitative estimate of drug-likeness (QED) is 0.607. The van der Waals surface area contributed by atoms with Crippen LogP contribution in [0.25, 0.3) is 0 Å². The number of benzene rings is 1. The number of aromatic nitrogens is 1. The molecule has 1 aliphatic carbocycles. The molecule has 3 heterocycles. The fraction of sp³-hybridized carbons (Fsp3) is 0.542. The van der Waals surface area contributed by atoms with Crippen molar-refractivity contribution in [2.75, 3.05) is 42.3 Å². The molecule has 5 rings (SSSR count). The number of nitrogens with zero attached hydrogens (tertiary/aromatic N) is 3. The van der Waals surface area contributed by atoms with Gasteiger partial charge in [0.1, 0.15) is 11.6 Å². The Morgan fingerprint density at radius 1 is 1.18 bits per heavy atom. The third-order valence-corrected chi connectivity index (χ3v) is 9.08. The molecule has 1 spiro atoms. The molecule has 6 nitrogen and oxygen atoms in total. The van der Waals surface area contributed by atoms with Gasteiger partial charge in [0, 0.05) is 37.4 Å². The molecule has 0 amide bonds. The van der Waals surface area contributed by atoms with E-state index in [9.17, 15) is 17.2 Å². The Labute approximate surface area is 198 Å². The number of sulfonamides is 1. The molecule has 1 saturated carbocycles. The molecule has 1 N–H and O–H groups in total. The average Bonchev–Trinajstić information content (AvgIpc) is 3.38. The van der Waals surface area contributed by atoms with Crippen LogP contribution in [0.15, 0.2) is 29.2 Å². The molecule has 1 atom stereocenters. The second-order valence-electron chi connectivity index (χ2n) is 10.0. The molecule has 0 radical (unpaired) electrons. The van der Waals surface area contributed by atoms with Crippen molar-refractivity contribution in [2.45, 2.75) is 43.9 Å². The van der Waals surface area contributed by atoms with Gasteiger partial charge in [-0.3, -0.25) is 4.72 Å². The summed E-state index contributed by atoms with van der Waals surface area (Å²) in [5.41, 5.74) is 0.985. The third kappa shape index (κ3) is 4.37. The van der Waals surface area contributed by atoms with Crippen LogP contribution < -0.4 is 9.62 Å². The molecule has 184 valence electrons. The van der Waals surface area contributed by atoms with Gasteiger partial charge in [-0.1, -0.05) is 12.5 Å². The smallest absolute Gasteiger partial charge is 0.268 e. The summed E-state index contributed by atoms with van der Waals surface area (Å²) in [6, 6.07) is 4.58. The lowest BCUT2D eigenvalue weighted by Crippen LogP contribution is -2.35. The van der Waals surface area contributed by atoms with Gasteiger partial charge in [0.15, 0.2) is 10.7 Å². The summed E-state index contributed by atoms with van der Waals surface area (Å²) >= 11 is 0. The standard InChI is InChI=1S/C24H29F3N4O2S/c1-16-19(31-10-6-17(14-31)13-30-11-9-24(15-30)7-3-8-24)12-18(25)23(22(16)27)34(32,33)29-21-5-2-4-20(26)28-21/h2,4-5,12,17H,3,6-11,13-15H2,1H3,(H,28,29). The van der Waals surface area contributed by atoms with Crippen LogP contribution in [0.4, 0.5) is 24.7 Å².